The summed E-state index contributed by atoms with van der Waals surface area (Å²) < 4.78 is 0. The Bertz CT molecular complexity index is 668. The quantitative estimate of drug-likeness (QED) is 0.616. The van der Waals surface area contributed by atoms with Crippen LogP contribution in [0.15, 0.2) is 11.6 Å². The summed E-state index contributed by atoms with van der Waals surface area (Å²) in [4.78, 5) is 11.1. The number of rotatable bonds is 4. The van der Waals surface area contributed by atoms with Gasteiger partial charge < -0.3 is 15.3 Å². The van der Waals surface area contributed by atoms with Gasteiger partial charge in [0, 0.05) is 6.42 Å². The van der Waals surface area contributed by atoms with Crippen LogP contribution < -0.4 is 0 Å². The molecule has 4 aliphatic carbocycles. The zero-order valence-corrected chi connectivity index (χ0v) is 17.8. The minimum Gasteiger partial charge on any atom is -0.481 e. The molecule has 158 valence electrons. The second kappa shape index (κ2) is 6.84. The molecule has 0 radical (unpaired) electrons. The van der Waals surface area contributed by atoms with Gasteiger partial charge in [-0.3, -0.25) is 4.79 Å². The standard InChI is InChI=1S/C24H38O4/c1-22-11-8-16(25)14-15(22)4-5-17-18-6-7-20(23(18,2)12-9-19(17)22)24(3,28)13-10-21(26)27/h4,16-20,25,28H,5-14H2,1-3H3,(H,26,27)/t16-,17-,18-,19-,20-,22-,23-,24?/m0/s1. The van der Waals surface area contributed by atoms with Crippen molar-refractivity contribution in [2.75, 3.05) is 0 Å². The predicted molar refractivity (Wildman–Crippen MR) is 109 cm³/mol. The maximum atomic E-state index is 11.2. The number of aliphatic carboxylic acids is 1. The number of allylic oxidation sites excluding steroid dienone is 1. The lowest BCUT2D eigenvalue weighted by Gasteiger charge is -2.59. The van der Waals surface area contributed by atoms with Gasteiger partial charge in [-0.05, 0) is 99.2 Å². The van der Waals surface area contributed by atoms with E-state index < -0.39 is 11.6 Å². The normalized spacial score (nSPS) is 47.3. The average molecular weight is 391 g/mol. The zero-order valence-electron chi connectivity index (χ0n) is 17.8. The fourth-order valence-corrected chi connectivity index (χ4v) is 8.20. The molecule has 0 saturated heterocycles. The lowest BCUT2D eigenvalue weighted by Crippen LogP contribution is -2.53. The molecule has 0 aromatic carbocycles. The Balaban J connectivity index is 1.58. The molecule has 4 rings (SSSR count). The predicted octanol–water partition coefficient (Wildman–Crippen LogP) is 4.54. The monoisotopic (exact) mass is 390 g/mol. The van der Waals surface area contributed by atoms with Gasteiger partial charge in [0.2, 0.25) is 0 Å². The summed E-state index contributed by atoms with van der Waals surface area (Å²) in [6.07, 6.45) is 11.2. The van der Waals surface area contributed by atoms with Gasteiger partial charge in [-0.2, -0.15) is 0 Å². The molecule has 0 spiro atoms. The molecular weight excluding hydrogens is 352 g/mol. The fraction of sp³-hybridized carbons (Fsp3) is 0.875. The highest BCUT2D eigenvalue weighted by Gasteiger charge is 2.61. The number of aliphatic hydroxyl groups is 2. The molecule has 3 fully saturated rings. The molecule has 0 bridgehead atoms. The summed E-state index contributed by atoms with van der Waals surface area (Å²) in [5, 5.41) is 30.5. The largest absolute Gasteiger partial charge is 0.481 e. The highest BCUT2D eigenvalue weighted by molar-refractivity contribution is 5.66. The Kier molecular flexibility index (Phi) is 4.98. The zero-order chi connectivity index (χ0) is 20.3. The van der Waals surface area contributed by atoms with Crippen LogP contribution in [-0.2, 0) is 4.79 Å². The van der Waals surface area contributed by atoms with Crippen molar-refractivity contribution in [1.82, 2.24) is 0 Å². The van der Waals surface area contributed by atoms with Crippen molar-refractivity contribution in [3.8, 4) is 0 Å². The first kappa shape index (κ1) is 20.4. The Morgan fingerprint density at radius 1 is 1.18 bits per heavy atom. The summed E-state index contributed by atoms with van der Waals surface area (Å²) in [6.45, 7) is 6.70. The van der Waals surface area contributed by atoms with E-state index in [1.54, 1.807) is 0 Å². The molecule has 0 aromatic rings. The SMILES string of the molecule is CC(O)(CCC(=O)O)[C@H]1CC[C@H]2[C@@H]3CC=C4C[C@@H](O)CC[C@]4(C)[C@H]3CC[C@]12C. The molecular formula is C24H38O4. The van der Waals surface area contributed by atoms with Crippen LogP contribution >= 0.6 is 0 Å². The van der Waals surface area contributed by atoms with Crippen LogP contribution in [0.3, 0.4) is 0 Å². The summed E-state index contributed by atoms with van der Waals surface area (Å²) >= 11 is 0. The third kappa shape index (κ3) is 3.06. The first-order valence-corrected chi connectivity index (χ1v) is 11.4. The van der Waals surface area contributed by atoms with Crippen molar-refractivity contribution in [3.05, 3.63) is 11.6 Å². The van der Waals surface area contributed by atoms with Crippen molar-refractivity contribution in [2.24, 2.45) is 34.5 Å². The Hall–Kier alpha value is -0.870. The molecule has 3 saturated carbocycles. The van der Waals surface area contributed by atoms with E-state index in [0.29, 0.717) is 24.2 Å². The van der Waals surface area contributed by atoms with E-state index >= 15 is 0 Å². The molecule has 0 amide bonds. The van der Waals surface area contributed by atoms with E-state index in [0.717, 1.165) is 44.9 Å². The second-order valence-electron chi connectivity index (χ2n) is 11.1. The van der Waals surface area contributed by atoms with Crippen LogP contribution in [0.5, 0.6) is 0 Å². The summed E-state index contributed by atoms with van der Waals surface area (Å²) in [6, 6.07) is 0. The molecule has 0 heterocycles. The molecule has 0 aromatic heterocycles. The highest BCUT2D eigenvalue weighted by Crippen LogP contribution is 2.67. The first-order chi connectivity index (χ1) is 13.1. The van der Waals surface area contributed by atoms with Crippen LogP contribution in [-0.4, -0.2) is 33.0 Å². The second-order valence-corrected chi connectivity index (χ2v) is 11.1. The van der Waals surface area contributed by atoms with Crippen molar-refractivity contribution < 1.29 is 20.1 Å². The number of hydrogen-bond donors (Lipinski definition) is 3. The smallest absolute Gasteiger partial charge is 0.303 e. The van der Waals surface area contributed by atoms with Crippen LogP contribution in [0.2, 0.25) is 0 Å². The van der Waals surface area contributed by atoms with E-state index in [-0.39, 0.29) is 29.3 Å². The average Bonchev–Trinajstić information content (AvgIpc) is 2.99. The summed E-state index contributed by atoms with van der Waals surface area (Å²) in [5.74, 6) is 1.36. The van der Waals surface area contributed by atoms with Gasteiger partial charge in [0.05, 0.1) is 11.7 Å². The minimum absolute atomic E-state index is 0.0444. The number of carboxylic acids is 1. The Morgan fingerprint density at radius 3 is 2.64 bits per heavy atom. The Labute approximate surface area is 169 Å². The van der Waals surface area contributed by atoms with Crippen molar-refractivity contribution in [1.29, 1.82) is 0 Å². The van der Waals surface area contributed by atoms with Gasteiger partial charge in [0.15, 0.2) is 0 Å². The maximum absolute atomic E-state index is 11.2. The number of carboxylic acid groups (broad SMARTS) is 1. The van der Waals surface area contributed by atoms with Crippen molar-refractivity contribution in [3.63, 3.8) is 0 Å². The first-order valence-electron chi connectivity index (χ1n) is 11.4. The molecule has 0 aliphatic heterocycles. The lowest BCUT2D eigenvalue weighted by molar-refractivity contribution is -0.141. The number of aliphatic hydroxyl groups excluding tert-OH is 1. The van der Waals surface area contributed by atoms with Gasteiger partial charge in [-0.1, -0.05) is 25.5 Å². The van der Waals surface area contributed by atoms with Gasteiger partial charge in [0.1, 0.15) is 0 Å². The van der Waals surface area contributed by atoms with Gasteiger partial charge in [0.25, 0.3) is 0 Å². The van der Waals surface area contributed by atoms with E-state index in [4.69, 9.17) is 5.11 Å². The maximum Gasteiger partial charge on any atom is 0.303 e. The molecule has 28 heavy (non-hydrogen) atoms. The number of hydrogen-bond acceptors (Lipinski definition) is 3. The van der Waals surface area contributed by atoms with Crippen molar-refractivity contribution >= 4 is 5.97 Å². The topological polar surface area (TPSA) is 77.8 Å². The molecule has 4 heteroatoms. The van der Waals surface area contributed by atoms with E-state index in [1.165, 1.54) is 12.0 Å². The van der Waals surface area contributed by atoms with Gasteiger partial charge in [-0.25, -0.2) is 0 Å². The third-order valence-corrected chi connectivity index (χ3v) is 9.67. The minimum atomic E-state index is -0.900. The van der Waals surface area contributed by atoms with Crippen LogP contribution in [0.1, 0.15) is 85.0 Å². The number of fused-ring (bicyclic) bond motifs is 5. The van der Waals surface area contributed by atoms with E-state index in [2.05, 4.69) is 19.9 Å². The molecule has 4 aliphatic rings. The molecule has 8 atom stereocenters. The van der Waals surface area contributed by atoms with Crippen LogP contribution in [0.4, 0.5) is 0 Å². The highest BCUT2D eigenvalue weighted by atomic mass is 16.4. The van der Waals surface area contributed by atoms with Crippen LogP contribution in [0.25, 0.3) is 0 Å². The molecule has 4 nitrogen and oxygen atoms in total. The summed E-state index contributed by atoms with van der Waals surface area (Å²) in [7, 11) is 0. The van der Waals surface area contributed by atoms with E-state index in [9.17, 15) is 15.0 Å². The fourth-order valence-electron chi connectivity index (χ4n) is 8.20. The van der Waals surface area contributed by atoms with Crippen LogP contribution in [0, 0.1) is 34.5 Å². The summed E-state index contributed by atoms with van der Waals surface area (Å²) in [5.41, 5.74) is 0.953. The van der Waals surface area contributed by atoms with Crippen molar-refractivity contribution in [2.45, 2.75) is 96.7 Å². The van der Waals surface area contributed by atoms with E-state index in [1.807, 2.05) is 6.92 Å². The third-order valence-electron chi connectivity index (χ3n) is 9.67. The molecule has 3 N–H and O–H groups in total. The number of carbonyl (C=O) groups is 1. The van der Waals surface area contributed by atoms with Gasteiger partial charge in [-0.15, -0.1) is 0 Å². The van der Waals surface area contributed by atoms with Gasteiger partial charge >= 0.3 is 5.97 Å². The lowest BCUT2D eigenvalue weighted by atomic mass is 9.46. The Morgan fingerprint density at radius 2 is 1.93 bits per heavy atom. The molecule has 1 unspecified atom stereocenters.